The van der Waals surface area contributed by atoms with E-state index in [1.54, 1.807) is 0 Å². The molecule has 1 saturated carbocycles. The highest BCUT2D eigenvalue weighted by Crippen LogP contribution is 2.40. The third kappa shape index (κ3) is 3.64. The predicted molar refractivity (Wildman–Crippen MR) is 83.9 cm³/mol. The van der Waals surface area contributed by atoms with Crippen LogP contribution in [0, 0.1) is 5.92 Å². The van der Waals surface area contributed by atoms with E-state index < -0.39 is 0 Å². The summed E-state index contributed by atoms with van der Waals surface area (Å²) < 4.78 is 2.39. The Morgan fingerprint density at radius 2 is 2.05 bits per heavy atom. The van der Waals surface area contributed by atoms with Crippen LogP contribution in [0.2, 0.25) is 0 Å². The minimum absolute atomic E-state index is 0.597. The van der Waals surface area contributed by atoms with Gasteiger partial charge in [0.1, 0.15) is 0 Å². The van der Waals surface area contributed by atoms with Crippen LogP contribution in [0.25, 0.3) is 0 Å². The van der Waals surface area contributed by atoms with Gasteiger partial charge in [-0.3, -0.25) is 0 Å². The lowest BCUT2D eigenvalue weighted by molar-refractivity contribution is 0.325. The van der Waals surface area contributed by atoms with Crippen molar-refractivity contribution in [2.45, 2.75) is 51.6 Å². The first kappa shape index (κ1) is 14.2. The minimum Gasteiger partial charge on any atom is -0.354 e. The number of nitrogens with zero attached hydrogens (tertiary/aromatic N) is 2. The molecule has 1 N–H and O–H groups in total. The van der Waals surface area contributed by atoms with Gasteiger partial charge in [0.15, 0.2) is 0 Å². The Morgan fingerprint density at radius 3 is 2.75 bits per heavy atom. The standard InChI is InChI=1S/C17H29N3/c1-2-18-17(15-6-7-15)16-8-13-20(14-16)12-5-11-19-9-3-4-10-19/h8,13-15,17-18H,2-7,9-12H2,1H3. The van der Waals surface area contributed by atoms with Gasteiger partial charge in [-0.1, -0.05) is 6.92 Å². The Kier molecular flexibility index (Phi) is 4.79. The predicted octanol–water partition coefficient (Wildman–Crippen LogP) is 3.03. The number of rotatable bonds is 8. The van der Waals surface area contributed by atoms with E-state index in [0.29, 0.717) is 6.04 Å². The molecule has 3 rings (SSSR count). The fraction of sp³-hybridized carbons (Fsp3) is 0.765. The number of nitrogens with one attached hydrogen (secondary N) is 1. The zero-order chi connectivity index (χ0) is 13.8. The fourth-order valence-corrected chi connectivity index (χ4v) is 3.47. The van der Waals surface area contributed by atoms with Crippen LogP contribution < -0.4 is 5.32 Å². The van der Waals surface area contributed by atoms with Crippen LogP contribution in [0.1, 0.15) is 50.6 Å². The number of likely N-dealkylation sites (tertiary alicyclic amines) is 1. The molecule has 0 spiro atoms. The summed E-state index contributed by atoms with van der Waals surface area (Å²) in [5.41, 5.74) is 1.50. The fourth-order valence-electron chi connectivity index (χ4n) is 3.47. The summed E-state index contributed by atoms with van der Waals surface area (Å²) in [6, 6.07) is 2.92. The summed E-state index contributed by atoms with van der Waals surface area (Å²) >= 11 is 0. The summed E-state index contributed by atoms with van der Waals surface area (Å²) in [5, 5.41) is 3.65. The minimum atomic E-state index is 0.597. The number of hydrogen-bond acceptors (Lipinski definition) is 2. The average molecular weight is 275 g/mol. The van der Waals surface area contributed by atoms with E-state index in [0.717, 1.165) is 12.5 Å². The van der Waals surface area contributed by atoms with Crippen molar-refractivity contribution < 1.29 is 0 Å². The van der Waals surface area contributed by atoms with E-state index in [4.69, 9.17) is 0 Å². The van der Waals surface area contributed by atoms with Gasteiger partial charge < -0.3 is 14.8 Å². The van der Waals surface area contributed by atoms with Crippen LogP contribution in [0.3, 0.4) is 0 Å². The van der Waals surface area contributed by atoms with Gasteiger partial charge in [0.25, 0.3) is 0 Å². The van der Waals surface area contributed by atoms with Crippen molar-refractivity contribution in [1.29, 1.82) is 0 Å². The van der Waals surface area contributed by atoms with Crippen molar-refractivity contribution in [3.05, 3.63) is 24.0 Å². The van der Waals surface area contributed by atoms with Gasteiger partial charge in [0.2, 0.25) is 0 Å². The number of hydrogen-bond donors (Lipinski definition) is 1. The maximum absolute atomic E-state index is 3.65. The van der Waals surface area contributed by atoms with E-state index >= 15 is 0 Å². The molecule has 1 unspecified atom stereocenters. The molecule has 0 amide bonds. The monoisotopic (exact) mass is 275 g/mol. The van der Waals surface area contributed by atoms with E-state index in [1.165, 1.54) is 63.8 Å². The molecule has 1 aromatic rings. The van der Waals surface area contributed by atoms with Gasteiger partial charge in [-0.05, 0) is 75.8 Å². The van der Waals surface area contributed by atoms with Gasteiger partial charge in [-0.15, -0.1) is 0 Å². The second-order valence-electron chi connectivity index (χ2n) is 6.46. The average Bonchev–Trinajstić information content (AvgIpc) is 2.97. The van der Waals surface area contributed by atoms with Gasteiger partial charge in [-0.25, -0.2) is 0 Å². The van der Waals surface area contributed by atoms with Crippen LogP contribution in [0.4, 0.5) is 0 Å². The smallest absolute Gasteiger partial charge is 0.0363 e. The molecular formula is C17H29N3. The third-order valence-corrected chi connectivity index (χ3v) is 4.74. The van der Waals surface area contributed by atoms with Crippen molar-refractivity contribution >= 4 is 0 Å². The van der Waals surface area contributed by atoms with E-state index in [-0.39, 0.29) is 0 Å². The highest BCUT2D eigenvalue weighted by Gasteiger charge is 2.31. The second kappa shape index (κ2) is 6.77. The summed E-state index contributed by atoms with van der Waals surface area (Å²) in [7, 11) is 0. The largest absolute Gasteiger partial charge is 0.354 e. The maximum Gasteiger partial charge on any atom is 0.0363 e. The maximum atomic E-state index is 3.65. The molecule has 0 bridgehead atoms. The molecule has 0 radical (unpaired) electrons. The van der Waals surface area contributed by atoms with Gasteiger partial charge >= 0.3 is 0 Å². The zero-order valence-electron chi connectivity index (χ0n) is 12.9. The van der Waals surface area contributed by atoms with E-state index in [1.807, 2.05) is 0 Å². The zero-order valence-corrected chi connectivity index (χ0v) is 12.9. The first-order valence-corrected chi connectivity index (χ1v) is 8.48. The van der Waals surface area contributed by atoms with Crippen molar-refractivity contribution in [3.8, 4) is 0 Å². The Hall–Kier alpha value is -0.800. The molecule has 3 heteroatoms. The lowest BCUT2D eigenvalue weighted by Gasteiger charge is -2.16. The summed E-state index contributed by atoms with van der Waals surface area (Å²) in [6.45, 7) is 8.36. The first-order valence-electron chi connectivity index (χ1n) is 8.48. The molecule has 112 valence electrons. The third-order valence-electron chi connectivity index (χ3n) is 4.74. The Balaban J connectivity index is 1.47. The van der Waals surface area contributed by atoms with E-state index in [9.17, 15) is 0 Å². The van der Waals surface area contributed by atoms with Crippen molar-refractivity contribution in [1.82, 2.24) is 14.8 Å². The van der Waals surface area contributed by atoms with Gasteiger partial charge in [0.05, 0.1) is 0 Å². The van der Waals surface area contributed by atoms with Crippen LogP contribution >= 0.6 is 0 Å². The molecule has 20 heavy (non-hydrogen) atoms. The Morgan fingerprint density at radius 1 is 1.25 bits per heavy atom. The lowest BCUT2D eigenvalue weighted by Crippen LogP contribution is -2.22. The SMILES string of the molecule is CCNC(c1ccn(CCCN2CCCC2)c1)C1CC1. The lowest BCUT2D eigenvalue weighted by atomic mass is 10.1. The van der Waals surface area contributed by atoms with Crippen LogP contribution in [-0.4, -0.2) is 35.6 Å². The second-order valence-corrected chi connectivity index (χ2v) is 6.46. The van der Waals surface area contributed by atoms with Gasteiger partial charge in [-0.2, -0.15) is 0 Å². The number of aromatic nitrogens is 1. The first-order chi connectivity index (χ1) is 9.86. The summed E-state index contributed by atoms with van der Waals surface area (Å²) in [5.74, 6) is 0.885. The molecule has 0 aromatic carbocycles. The Bertz CT molecular complexity index is 402. The summed E-state index contributed by atoms with van der Waals surface area (Å²) in [6.07, 6.45) is 11.5. The van der Waals surface area contributed by atoms with Crippen LogP contribution in [0.5, 0.6) is 0 Å². The summed E-state index contributed by atoms with van der Waals surface area (Å²) in [4.78, 5) is 2.61. The van der Waals surface area contributed by atoms with Crippen LogP contribution in [0.15, 0.2) is 18.5 Å². The molecule has 1 saturated heterocycles. The molecule has 1 atom stereocenters. The molecule has 1 aliphatic carbocycles. The molecule has 2 aliphatic rings. The highest BCUT2D eigenvalue weighted by molar-refractivity contribution is 5.18. The normalized spacial score (nSPS) is 21.4. The van der Waals surface area contributed by atoms with Crippen molar-refractivity contribution in [2.24, 2.45) is 5.92 Å². The van der Waals surface area contributed by atoms with Crippen molar-refractivity contribution in [3.63, 3.8) is 0 Å². The molecule has 1 aromatic heterocycles. The van der Waals surface area contributed by atoms with Crippen molar-refractivity contribution in [2.75, 3.05) is 26.2 Å². The Labute approximate surface area is 123 Å². The topological polar surface area (TPSA) is 20.2 Å². The molecular weight excluding hydrogens is 246 g/mol. The van der Waals surface area contributed by atoms with E-state index in [2.05, 4.69) is 40.2 Å². The van der Waals surface area contributed by atoms with Gasteiger partial charge in [0, 0.05) is 25.0 Å². The molecule has 2 heterocycles. The molecule has 2 fully saturated rings. The quantitative estimate of drug-likeness (QED) is 0.787. The number of aryl methyl sites for hydroxylation is 1. The van der Waals surface area contributed by atoms with Crippen LogP contribution in [-0.2, 0) is 6.54 Å². The molecule has 1 aliphatic heterocycles. The molecule has 3 nitrogen and oxygen atoms in total. The highest BCUT2D eigenvalue weighted by atomic mass is 15.1.